The number of benzene rings is 2. The van der Waals surface area contributed by atoms with E-state index in [0.717, 1.165) is 11.1 Å². The lowest BCUT2D eigenvalue weighted by Crippen LogP contribution is -2.17. The Morgan fingerprint density at radius 1 is 1.03 bits per heavy atom. The zero-order valence-electron chi connectivity index (χ0n) is 16.8. The second-order valence-corrected chi connectivity index (χ2v) is 9.19. The molecule has 0 radical (unpaired) electrons. The molecule has 0 fully saturated rings. The van der Waals surface area contributed by atoms with Gasteiger partial charge < -0.3 is 13.9 Å². The molecular formula is C21H21N3O6S. The normalized spacial score (nSPS) is 13.1. The second-order valence-electron chi connectivity index (χ2n) is 7.09. The van der Waals surface area contributed by atoms with E-state index in [9.17, 15) is 13.2 Å². The monoisotopic (exact) mass is 443 g/mol. The van der Waals surface area contributed by atoms with Crippen LogP contribution in [0.4, 0.5) is 6.01 Å². The number of rotatable bonds is 7. The van der Waals surface area contributed by atoms with Gasteiger partial charge in [0, 0.05) is 6.42 Å². The molecule has 0 unspecified atom stereocenters. The maximum Gasteiger partial charge on any atom is 0.322 e. The van der Waals surface area contributed by atoms with E-state index in [1.54, 1.807) is 12.1 Å². The van der Waals surface area contributed by atoms with E-state index in [1.807, 2.05) is 25.1 Å². The molecule has 0 spiro atoms. The quantitative estimate of drug-likeness (QED) is 0.591. The molecule has 0 saturated carbocycles. The largest absolute Gasteiger partial charge is 0.486 e. The lowest BCUT2D eigenvalue weighted by Gasteiger charge is -2.18. The van der Waals surface area contributed by atoms with Crippen LogP contribution in [0, 0.1) is 6.92 Å². The molecule has 31 heavy (non-hydrogen) atoms. The smallest absolute Gasteiger partial charge is 0.322 e. The first kappa shape index (κ1) is 20.9. The van der Waals surface area contributed by atoms with Crippen molar-refractivity contribution in [1.82, 2.24) is 10.2 Å². The van der Waals surface area contributed by atoms with Gasteiger partial charge in [0.25, 0.3) is 0 Å². The van der Waals surface area contributed by atoms with Gasteiger partial charge in [-0.05, 0) is 36.8 Å². The van der Waals surface area contributed by atoms with E-state index in [0.29, 0.717) is 37.0 Å². The highest BCUT2D eigenvalue weighted by atomic mass is 32.2. The summed E-state index contributed by atoms with van der Waals surface area (Å²) in [6.07, 6.45) is 0.122. The minimum Gasteiger partial charge on any atom is -0.486 e. The van der Waals surface area contributed by atoms with Crippen LogP contribution >= 0.6 is 0 Å². The number of ether oxygens (including phenoxy) is 2. The molecule has 4 rings (SSSR count). The predicted molar refractivity (Wildman–Crippen MR) is 111 cm³/mol. The summed E-state index contributed by atoms with van der Waals surface area (Å²) in [5.74, 6) is 0.810. The van der Waals surface area contributed by atoms with Crippen molar-refractivity contribution >= 4 is 21.8 Å². The fraction of sp³-hybridized carbons (Fsp3) is 0.286. The summed E-state index contributed by atoms with van der Waals surface area (Å²) in [6, 6.07) is 11.9. The molecule has 162 valence electrons. The van der Waals surface area contributed by atoms with Crippen LogP contribution in [0.2, 0.25) is 0 Å². The van der Waals surface area contributed by atoms with Gasteiger partial charge in [0.2, 0.25) is 11.8 Å². The Morgan fingerprint density at radius 2 is 1.77 bits per heavy atom. The average molecular weight is 443 g/mol. The topological polar surface area (TPSA) is 121 Å². The molecule has 3 aromatic rings. The minimum atomic E-state index is -3.56. The maximum absolute atomic E-state index is 12.4. The number of amides is 1. The van der Waals surface area contributed by atoms with Gasteiger partial charge >= 0.3 is 6.01 Å². The first-order valence-electron chi connectivity index (χ1n) is 9.69. The Labute approximate surface area is 179 Å². The number of fused-ring (bicyclic) bond motifs is 1. The van der Waals surface area contributed by atoms with Gasteiger partial charge in [-0.25, -0.2) is 8.42 Å². The van der Waals surface area contributed by atoms with Crippen LogP contribution in [-0.4, -0.2) is 43.5 Å². The molecule has 0 saturated heterocycles. The standard InChI is InChI=1S/C21H21N3O6S/c1-14-2-5-16(6-3-14)31(26,27)11-8-19(25)22-21-24-23-20(30-21)13-15-4-7-17-18(12-15)29-10-9-28-17/h2-7,12H,8-11,13H2,1H3,(H,22,24,25). The van der Waals surface area contributed by atoms with E-state index in [-0.39, 0.29) is 23.1 Å². The zero-order chi connectivity index (χ0) is 21.8. The number of carbonyl (C=O) groups is 1. The Balaban J connectivity index is 1.32. The molecule has 10 heteroatoms. The average Bonchev–Trinajstić information content (AvgIpc) is 3.19. The third-order valence-corrected chi connectivity index (χ3v) is 6.39. The minimum absolute atomic E-state index is 0.0784. The van der Waals surface area contributed by atoms with Crippen LogP contribution in [0.3, 0.4) is 0 Å². The zero-order valence-corrected chi connectivity index (χ0v) is 17.6. The van der Waals surface area contributed by atoms with Crippen molar-refractivity contribution in [2.45, 2.75) is 24.7 Å². The van der Waals surface area contributed by atoms with Crippen molar-refractivity contribution < 1.29 is 27.1 Å². The van der Waals surface area contributed by atoms with Crippen LogP contribution in [0.25, 0.3) is 0 Å². The van der Waals surface area contributed by atoms with Crippen molar-refractivity contribution in [2.75, 3.05) is 24.3 Å². The number of nitrogens with zero attached hydrogens (tertiary/aromatic N) is 2. The van der Waals surface area contributed by atoms with Crippen LogP contribution < -0.4 is 14.8 Å². The van der Waals surface area contributed by atoms with Gasteiger partial charge in [-0.15, -0.1) is 5.10 Å². The van der Waals surface area contributed by atoms with Gasteiger partial charge in [0.1, 0.15) is 13.2 Å². The van der Waals surface area contributed by atoms with E-state index < -0.39 is 15.7 Å². The summed E-state index contributed by atoms with van der Waals surface area (Å²) in [6.45, 7) is 2.88. The fourth-order valence-electron chi connectivity index (χ4n) is 3.02. The highest BCUT2D eigenvalue weighted by Gasteiger charge is 2.18. The Kier molecular flexibility index (Phi) is 5.90. The third-order valence-electron chi connectivity index (χ3n) is 4.65. The van der Waals surface area contributed by atoms with Crippen molar-refractivity contribution in [3.8, 4) is 11.5 Å². The molecular weight excluding hydrogens is 422 g/mol. The summed E-state index contributed by atoms with van der Waals surface area (Å²) in [4.78, 5) is 12.3. The van der Waals surface area contributed by atoms with Gasteiger partial charge in [-0.2, -0.15) is 0 Å². The SMILES string of the molecule is Cc1ccc(S(=O)(=O)CCC(=O)Nc2nnc(Cc3ccc4c(c3)OCCO4)o2)cc1. The van der Waals surface area contributed by atoms with E-state index in [4.69, 9.17) is 13.9 Å². The maximum atomic E-state index is 12.4. The van der Waals surface area contributed by atoms with Gasteiger partial charge in [-0.3, -0.25) is 10.1 Å². The lowest BCUT2D eigenvalue weighted by atomic mass is 10.1. The molecule has 0 bridgehead atoms. The molecule has 1 aliphatic heterocycles. The molecule has 1 amide bonds. The number of nitrogens with one attached hydrogen (secondary N) is 1. The number of aryl methyl sites for hydroxylation is 1. The van der Waals surface area contributed by atoms with Gasteiger partial charge in [-0.1, -0.05) is 28.9 Å². The number of hydrogen-bond acceptors (Lipinski definition) is 8. The van der Waals surface area contributed by atoms with Crippen LogP contribution in [0.15, 0.2) is 51.8 Å². The Morgan fingerprint density at radius 3 is 2.55 bits per heavy atom. The molecule has 1 aliphatic rings. The molecule has 2 aromatic carbocycles. The highest BCUT2D eigenvalue weighted by molar-refractivity contribution is 7.91. The Bertz CT molecular complexity index is 1190. The number of aromatic nitrogens is 2. The van der Waals surface area contributed by atoms with Gasteiger partial charge in [0.15, 0.2) is 21.3 Å². The first-order valence-corrected chi connectivity index (χ1v) is 11.3. The van der Waals surface area contributed by atoms with E-state index >= 15 is 0 Å². The Hall–Kier alpha value is -3.40. The highest BCUT2D eigenvalue weighted by Crippen LogP contribution is 2.31. The van der Waals surface area contributed by atoms with E-state index in [1.165, 1.54) is 12.1 Å². The molecule has 9 nitrogen and oxygen atoms in total. The summed E-state index contributed by atoms with van der Waals surface area (Å²) >= 11 is 0. The summed E-state index contributed by atoms with van der Waals surface area (Å²) < 4.78 is 41.2. The summed E-state index contributed by atoms with van der Waals surface area (Å²) in [5, 5.41) is 10.2. The second kappa shape index (κ2) is 8.76. The van der Waals surface area contributed by atoms with E-state index in [2.05, 4.69) is 15.5 Å². The molecule has 0 atom stereocenters. The van der Waals surface area contributed by atoms with Gasteiger partial charge in [0.05, 0.1) is 17.1 Å². The summed E-state index contributed by atoms with van der Waals surface area (Å²) in [7, 11) is -3.56. The van der Waals surface area contributed by atoms with Crippen LogP contribution in [0.1, 0.15) is 23.4 Å². The number of sulfone groups is 1. The molecule has 0 aliphatic carbocycles. The third kappa shape index (κ3) is 5.21. The number of anilines is 1. The van der Waals surface area contributed by atoms with Crippen molar-refractivity contribution in [1.29, 1.82) is 0 Å². The summed E-state index contributed by atoms with van der Waals surface area (Å²) in [5.41, 5.74) is 1.84. The van der Waals surface area contributed by atoms with Crippen molar-refractivity contribution in [3.05, 3.63) is 59.5 Å². The van der Waals surface area contributed by atoms with Crippen molar-refractivity contribution in [2.24, 2.45) is 0 Å². The fourth-order valence-corrected chi connectivity index (χ4v) is 4.26. The predicted octanol–water partition coefficient (Wildman–Crippen LogP) is 2.54. The van der Waals surface area contributed by atoms with Crippen LogP contribution in [-0.2, 0) is 21.1 Å². The number of carbonyl (C=O) groups excluding carboxylic acids is 1. The first-order chi connectivity index (χ1) is 14.9. The van der Waals surface area contributed by atoms with Crippen molar-refractivity contribution in [3.63, 3.8) is 0 Å². The lowest BCUT2D eigenvalue weighted by molar-refractivity contribution is -0.116. The van der Waals surface area contributed by atoms with Crippen LogP contribution in [0.5, 0.6) is 11.5 Å². The molecule has 1 N–H and O–H groups in total. The number of hydrogen-bond donors (Lipinski definition) is 1. The molecule has 2 heterocycles. The molecule has 1 aromatic heterocycles.